The molecular weight excluding hydrogens is 407 g/mol. The molecule has 2 atom stereocenters. The van der Waals surface area contributed by atoms with Crippen LogP contribution in [0, 0.1) is 5.82 Å². The summed E-state index contributed by atoms with van der Waals surface area (Å²) in [7, 11) is 1.81. The molecule has 1 spiro atoms. The number of nitrogens with zero attached hydrogens (tertiary/aromatic N) is 3. The average molecular weight is 425 g/mol. The van der Waals surface area contributed by atoms with Crippen LogP contribution >= 0.6 is 11.6 Å². The topological polar surface area (TPSA) is 67.2 Å². The number of halogens is 2. The van der Waals surface area contributed by atoms with Crippen LogP contribution in [-0.4, -0.2) is 32.8 Å². The highest BCUT2D eigenvalue weighted by Gasteiger charge is 2.60. The Bertz CT molecular complexity index is 1170. The lowest BCUT2D eigenvalue weighted by Crippen LogP contribution is -2.44. The van der Waals surface area contributed by atoms with E-state index >= 15 is 0 Å². The fourth-order valence-corrected chi connectivity index (χ4v) is 4.99. The Morgan fingerprint density at radius 2 is 2.07 bits per heavy atom. The summed E-state index contributed by atoms with van der Waals surface area (Å²) in [5.41, 5.74) is 0.336. The number of aryl methyl sites for hydroxylation is 1. The quantitative estimate of drug-likeness (QED) is 0.682. The minimum atomic E-state index is -1.01. The monoisotopic (exact) mass is 424 g/mol. The minimum Gasteiger partial charge on any atom is -0.336 e. The molecule has 3 heterocycles. The number of para-hydroxylation sites is 1. The van der Waals surface area contributed by atoms with Gasteiger partial charge in [0, 0.05) is 31.7 Å². The fourth-order valence-electron chi connectivity index (χ4n) is 4.75. The van der Waals surface area contributed by atoms with Crippen molar-refractivity contribution in [1.82, 2.24) is 14.5 Å². The van der Waals surface area contributed by atoms with Crippen molar-refractivity contribution < 1.29 is 14.0 Å². The molecule has 0 bridgehead atoms. The third-order valence-corrected chi connectivity index (χ3v) is 6.44. The molecule has 1 fully saturated rings. The van der Waals surface area contributed by atoms with Gasteiger partial charge in [0.1, 0.15) is 23.1 Å². The van der Waals surface area contributed by atoms with Crippen molar-refractivity contribution in [2.24, 2.45) is 7.05 Å². The molecule has 1 aromatic heterocycles. The average Bonchev–Trinajstić information content (AvgIpc) is 3.39. The number of carbonyl (C=O) groups is 2. The molecule has 0 radical (unpaired) electrons. The zero-order valence-corrected chi connectivity index (χ0v) is 16.9. The minimum absolute atomic E-state index is 0.0378. The van der Waals surface area contributed by atoms with E-state index in [1.807, 2.05) is 31.3 Å². The number of rotatable bonds is 2. The first-order chi connectivity index (χ1) is 14.4. The first-order valence-corrected chi connectivity index (χ1v) is 9.96. The van der Waals surface area contributed by atoms with Crippen molar-refractivity contribution in [2.75, 3.05) is 11.9 Å². The second kappa shape index (κ2) is 6.67. The smallest absolute Gasteiger partial charge is 0.259 e. The second-order valence-corrected chi connectivity index (χ2v) is 8.02. The number of nitrogens with one attached hydrogen (secondary N) is 1. The summed E-state index contributed by atoms with van der Waals surface area (Å²) in [6.45, 7) is 0.267. The number of imidazole rings is 1. The largest absolute Gasteiger partial charge is 0.336 e. The van der Waals surface area contributed by atoms with Gasteiger partial charge in [-0.3, -0.25) is 9.59 Å². The molecule has 0 saturated carbocycles. The SMILES string of the molecule is Cn1ccnc1[C@@H]1N(C(=O)c2c(F)cccc2Cl)CC[C@]12C(=O)Nc1ccccc12. The first-order valence-electron chi connectivity index (χ1n) is 9.58. The zero-order chi connectivity index (χ0) is 21.0. The van der Waals surface area contributed by atoms with E-state index in [1.54, 1.807) is 17.0 Å². The lowest BCUT2D eigenvalue weighted by Gasteiger charge is -2.33. The molecule has 30 heavy (non-hydrogen) atoms. The van der Waals surface area contributed by atoms with Crippen LogP contribution in [-0.2, 0) is 17.3 Å². The Morgan fingerprint density at radius 1 is 1.27 bits per heavy atom. The molecular formula is C22H18ClFN4O2. The first kappa shape index (κ1) is 18.8. The Kier molecular flexibility index (Phi) is 4.18. The maximum absolute atomic E-state index is 14.6. The molecule has 0 aliphatic carbocycles. The van der Waals surface area contributed by atoms with Crippen molar-refractivity contribution >= 4 is 29.1 Å². The van der Waals surface area contributed by atoms with Gasteiger partial charge >= 0.3 is 0 Å². The molecule has 2 aromatic carbocycles. The van der Waals surface area contributed by atoms with Gasteiger partial charge in [-0.25, -0.2) is 9.37 Å². The van der Waals surface area contributed by atoms with Gasteiger partial charge in [0.25, 0.3) is 5.91 Å². The van der Waals surface area contributed by atoms with Gasteiger partial charge in [-0.1, -0.05) is 35.9 Å². The van der Waals surface area contributed by atoms with E-state index < -0.39 is 23.2 Å². The van der Waals surface area contributed by atoms with Crippen molar-refractivity contribution in [3.63, 3.8) is 0 Å². The van der Waals surface area contributed by atoms with Crippen LogP contribution in [0.5, 0.6) is 0 Å². The number of likely N-dealkylation sites (tertiary alicyclic amines) is 1. The van der Waals surface area contributed by atoms with E-state index in [4.69, 9.17) is 11.6 Å². The molecule has 2 aliphatic heterocycles. The lowest BCUT2D eigenvalue weighted by atomic mass is 9.74. The predicted molar refractivity (Wildman–Crippen MR) is 110 cm³/mol. The van der Waals surface area contributed by atoms with Crippen LogP contribution in [0.1, 0.15) is 34.2 Å². The maximum atomic E-state index is 14.6. The van der Waals surface area contributed by atoms with Crippen LogP contribution in [0.2, 0.25) is 5.02 Å². The summed E-state index contributed by atoms with van der Waals surface area (Å²) in [4.78, 5) is 32.8. The lowest BCUT2D eigenvalue weighted by molar-refractivity contribution is -0.121. The molecule has 5 rings (SSSR count). The number of hydrogen-bond acceptors (Lipinski definition) is 3. The molecule has 3 aromatic rings. The summed E-state index contributed by atoms with van der Waals surface area (Å²) in [6.07, 6.45) is 3.78. The highest BCUT2D eigenvalue weighted by molar-refractivity contribution is 6.33. The van der Waals surface area contributed by atoms with Gasteiger partial charge in [-0.05, 0) is 30.2 Å². The summed E-state index contributed by atoms with van der Waals surface area (Å²) in [6, 6.07) is 10.9. The Hall–Kier alpha value is -3.19. The molecule has 152 valence electrons. The highest BCUT2D eigenvalue weighted by Crippen LogP contribution is 2.54. The molecule has 8 heteroatoms. The van der Waals surface area contributed by atoms with E-state index in [1.165, 1.54) is 23.1 Å². The number of hydrogen-bond donors (Lipinski definition) is 1. The van der Waals surface area contributed by atoms with Crippen LogP contribution in [0.4, 0.5) is 10.1 Å². The number of benzene rings is 2. The Morgan fingerprint density at radius 3 is 2.80 bits per heavy atom. The van der Waals surface area contributed by atoms with E-state index in [0.29, 0.717) is 12.2 Å². The van der Waals surface area contributed by atoms with Crippen molar-refractivity contribution in [1.29, 1.82) is 0 Å². The Labute approximate surface area is 177 Å². The standard InChI is InChI=1S/C22H18ClFN4O2/c1-27-12-10-25-19(27)18-22(13-5-2-3-8-16(13)26-21(22)30)9-11-28(18)20(29)17-14(23)6-4-7-15(17)24/h2-8,10,12,18H,9,11H2,1H3,(H,26,30)/t18-,22+/m0/s1. The molecule has 1 saturated heterocycles. The molecule has 1 N–H and O–H groups in total. The van der Waals surface area contributed by atoms with Crippen LogP contribution in [0.25, 0.3) is 0 Å². The third-order valence-electron chi connectivity index (χ3n) is 6.13. The summed E-state index contributed by atoms with van der Waals surface area (Å²) >= 11 is 6.18. The van der Waals surface area contributed by atoms with Gasteiger partial charge in [0.05, 0.1) is 10.6 Å². The molecule has 2 amide bonds. The van der Waals surface area contributed by atoms with Crippen LogP contribution in [0.15, 0.2) is 54.9 Å². The van der Waals surface area contributed by atoms with Crippen molar-refractivity contribution in [2.45, 2.75) is 17.9 Å². The Balaban J connectivity index is 1.70. The van der Waals surface area contributed by atoms with Gasteiger partial charge in [0.15, 0.2) is 0 Å². The van der Waals surface area contributed by atoms with Gasteiger partial charge < -0.3 is 14.8 Å². The van der Waals surface area contributed by atoms with Gasteiger partial charge in [-0.2, -0.15) is 0 Å². The summed E-state index contributed by atoms with van der Waals surface area (Å²) in [5.74, 6) is -0.879. The van der Waals surface area contributed by atoms with E-state index in [-0.39, 0.29) is 23.0 Å². The normalized spacial score (nSPS) is 22.4. The van der Waals surface area contributed by atoms with Crippen molar-refractivity contribution in [3.8, 4) is 0 Å². The van der Waals surface area contributed by atoms with Gasteiger partial charge in [0.2, 0.25) is 5.91 Å². The van der Waals surface area contributed by atoms with E-state index in [9.17, 15) is 14.0 Å². The van der Waals surface area contributed by atoms with Crippen LogP contribution in [0.3, 0.4) is 0 Å². The molecule has 0 unspecified atom stereocenters. The summed E-state index contributed by atoms with van der Waals surface area (Å²) in [5, 5.41) is 2.99. The second-order valence-electron chi connectivity index (χ2n) is 7.62. The van der Waals surface area contributed by atoms with E-state index in [2.05, 4.69) is 10.3 Å². The third kappa shape index (κ3) is 2.45. The maximum Gasteiger partial charge on any atom is 0.259 e. The number of anilines is 1. The van der Waals surface area contributed by atoms with E-state index in [0.717, 1.165) is 11.3 Å². The molecule has 6 nitrogen and oxygen atoms in total. The number of fused-ring (bicyclic) bond motifs is 2. The molecule has 2 aliphatic rings. The number of aromatic nitrogens is 2. The predicted octanol–water partition coefficient (Wildman–Crippen LogP) is 3.69. The fraction of sp³-hybridized carbons (Fsp3) is 0.227. The highest BCUT2D eigenvalue weighted by atomic mass is 35.5. The van der Waals surface area contributed by atoms with Crippen LogP contribution < -0.4 is 5.32 Å². The number of carbonyl (C=O) groups excluding carboxylic acids is 2. The zero-order valence-electron chi connectivity index (χ0n) is 16.1. The number of amides is 2. The van der Waals surface area contributed by atoms with Gasteiger partial charge in [-0.15, -0.1) is 0 Å². The van der Waals surface area contributed by atoms with Crippen molar-refractivity contribution in [3.05, 3.63) is 82.6 Å². The summed E-state index contributed by atoms with van der Waals surface area (Å²) < 4.78 is 16.3.